The van der Waals surface area contributed by atoms with Crippen LogP contribution in [-0.2, 0) is 6.42 Å². The Balaban J connectivity index is 2.16. The topological polar surface area (TPSA) is 15.3 Å². The number of hydrogen-bond acceptors (Lipinski definition) is 3. The second-order valence-corrected chi connectivity index (χ2v) is 5.62. The monoisotopic (exact) mass is 248 g/mol. The van der Waals surface area contributed by atoms with E-state index in [4.69, 9.17) is 0 Å². The molecule has 0 amide bonds. The fourth-order valence-electron chi connectivity index (χ4n) is 2.15. The highest BCUT2D eigenvalue weighted by Gasteiger charge is 2.11. The minimum Gasteiger partial charge on any atom is -0.315 e. The molecule has 0 saturated carbocycles. The van der Waals surface area contributed by atoms with Crippen LogP contribution in [0.15, 0.2) is 29.6 Å². The number of likely N-dealkylation sites (N-methyl/N-ethyl adjacent to an activating group) is 2. The Hall–Kier alpha value is -0.900. The highest BCUT2D eigenvalue weighted by molar-refractivity contribution is 7.17. The largest absolute Gasteiger partial charge is 0.315 e. The summed E-state index contributed by atoms with van der Waals surface area (Å²) in [5, 5.41) is 7.11. The molecule has 1 unspecified atom stereocenters. The van der Waals surface area contributed by atoms with E-state index in [-0.39, 0.29) is 0 Å². The smallest absolute Gasteiger partial charge is 0.0345 e. The molecule has 1 aromatic heterocycles. The molecule has 1 heterocycles. The van der Waals surface area contributed by atoms with Crippen molar-refractivity contribution in [2.45, 2.75) is 12.5 Å². The summed E-state index contributed by atoms with van der Waals surface area (Å²) in [5.41, 5.74) is 1.46. The number of nitrogens with zero attached hydrogens (tertiary/aromatic N) is 1. The molecule has 0 saturated heterocycles. The number of hydrogen-bond donors (Lipinski definition) is 1. The van der Waals surface area contributed by atoms with Gasteiger partial charge in [0.25, 0.3) is 0 Å². The van der Waals surface area contributed by atoms with E-state index in [2.05, 4.69) is 54.0 Å². The predicted molar refractivity (Wildman–Crippen MR) is 76.9 cm³/mol. The third-order valence-electron chi connectivity index (χ3n) is 3.02. The van der Waals surface area contributed by atoms with E-state index in [0.29, 0.717) is 6.04 Å². The molecule has 2 aromatic rings. The normalized spacial score (nSPS) is 13.4. The van der Waals surface area contributed by atoms with Gasteiger partial charge in [-0.2, -0.15) is 0 Å². The van der Waals surface area contributed by atoms with E-state index in [1.54, 1.807) is 0 Å². The van der Waals surface area contributed by atoms with E-state index in [0.717, 1.165) is 13.0 Å². The van der Waals surface area contributed by atoms with Gasteiger partial charge in [-0.3, -0.25) is 0 Å². The van der Waals surface area contributed by atoms with Gasteiger partial charge in [-0.05, 0) is 50.0 Å². The minimum atomic E-state index is 0.517. The van der Waals surface area contributed by atoms with Crippen molar-refractivity contribution in [1.29, 1.82) is 0 Å². The second kappa shape index (κ2) is 5.63. The molecule has 0 spiro atoms. The summed E-state index contributed by atoms with van der Waals surface area (Å²) in [6.07, 6.45) is 1.10. The molecule has 0 radical (unpaired) electrons. The van der Waals surface area contributed by atoms with Crippen molar-refractivity contribution in [3.63, 3.8) is 0 Å². The van der Waals surface area contributed by atoms with E-state index in [1.807, 2.05) is 18.4 Å². The molecule has 2 nitrogen and oxygen atoms in total. The average molecular weight is 248 g/mol. The van der Waals surface area contributed by atoms with Gasteiger partial charge in [0, 0.05) is 17.3 Å². The lowest BCUT2D eigenvalue weighted by Gasteiger charge is -2.20. The van der Waals surface area contributed by atoms with Gasteiger partial charge in [0.05, 0.1) is 0 Å². The van der Waals surface area contributed by atoms with Crippen LogP contribution >= 0.6 is 11.3 Å². The maximum absolute atomic E-state index is 3.40. The molecule has 2 rings (SSSR count). The van der Waals surface area contributed by atoms with Crippen molar-refractivity contribution >= 4 is 21.4 Å². The van der Waals surface area contributed by atoms with Crippen LogP contribution in [0, 0.1) is 0 Å². The number of rotatable bonds is 5. The van der Waals surface area contributed by atoms with Crippen LogP contribution in [0.25, 0.3) is 10.1 Å². The molecule has 1 N–H and O–H groups in total. The number of benzene rings is 1. The van der Waals surface area contributed by atoms with Crippen LogP contribution in [0.1, 0.15) is 5.56 Å². The van der Waals surface area contributed by atoms with Gasteiger partial charge in [0.15, 0.2) is 0 Å². The van der Waals surface area contributed by atoms with Crippen molar-refractivity contribution in [1.82, 2.24) is 10.2 Å². The lowest BCUT2D eigenvalue weighted by Crippen LogP contribution is -2.37. The Kier molecular flexibility index (Phi) is 4.15. The number of thiophene rings is 1. The maximum Gasteiger partial charge on any atom is 0.0345 e. The summed E-state index contributed by atoms with van der Waals surface area (Å²) in [4.78, 5) is 2.23. The van der Waals surface area contributed by atoms with Crippen LogP contribution in [-0.4, -0.2) is 38.6 Å². The summed E-state index contributed by atoms with van der Waals surface area (Å²) in [7, 11) is 6.29. The van der Waals surface area contributed by atoms with Gasteiger partial charge >= 0.3 is 0 Å². The Morgan fingerprint density at radius 2 is 2.06 bits per heavy atom. The molecular formula is C14H20N2S. The fourth-order valence-corrected chi connectivity index (χ4v) is 3.13. The van der Waals surface area contributed by atoms with Crippen LogP contribution < -0.4 is 5.32 Å². The lowest BCUT2D eigenvalue weighted by molar-refractivity contribution is 0.347. The SMILES string of the molecule is CNC(Cc1csc2ccccc12)CN(C)C. The first-order valence-electron chi connectivity index (χ1n) is 5.98. The molecular weight excluding hydrogens is 228 g/mol. The maximum atomic E-state index is 3.40. The Morgan fingerprint density at radius 3 is 2.76 bits per heavy atom. The zero-order valence-corrected chi connectivity index (χ0v) is 11.6. The van der Waals surface area contributed by atoms with E-state index in [9.17, 15) is 0 Å². The molecule has 0 aliphatic rings. The number of fused-ring (bicyclic) bond motifs is 1. The predicted octanol–water partition coefficient (Wildman–Crippen LogP) is 2.59. The highest BCUT2D eigenvalue weighted by Crippen LogP contribution is 2.26. The average Bonchev–Trinajstić information content (AvgIpc) is 2.71. The Labute approximate surface area is 107 Å². The fraction of sp³-hybridized carbons (Fsp3) is 0.429. The first-order valence-corrected chi connectivity index (χ1v) is 6.85. The lowest BCUT2D eigenvalue weighted by atomic mass is 10.0. The van der Waals surface area contributed by atoms with Gasteiger partial charge in [-0.1, -0.05) is 18.2 Å². The van der Waals surface area contributed by atoms with Crippen LogP contribution in [0.2, 0.25) is 0 Å². The molecule has 1 atom stereocenters. The summed E-state index contributed by atoms with van der Waals surface area (Å²) < 4.78 is 1.39. The molecule has 17 heavy (non-hydrogen) atoms. The van der Waals surface area contributed by atoms with Crippen molar-refractivity contribution in [2.24, 2.45) is 0 Å². The summed E-state index contributed by atoms with van der Waals surface area (Å²) >= 11 is 1.84. The summed E-state index contributed by atoms with van der Waals surface area (Å²) in [5.74, 6) is 0. The zero-order valence-electron chi connectivity index (χ0n) is 10.7. The first-order chi connectivity index (χ1) is 8.20. The highest BCUT2D eigenvalue weighted by atomic mass is 32.1. The molecule has 0 bridgehead atoms. The minimum absolute atomic E-state index is 0.517. The molecule has 1 aromatic carbocycles. The second-order valence-electron chi connectivity index (χ2n) is 4.71. The third-order valence-corrected chi connectivity index (χ3v) is 4.03. The van der Waals surface area contributed by atoms with Gasteiger partial charge in [0.2, 0.25) is 0 Å². The van der Waals surface area contributed by atoms with Gasteiger partial charge in [-0.15, -0.1) is 11.3 Å². The van der Waals surface area contributed by atoms with E-state index < -0.39 is 0 Å². The van der Waals surface area contributed by atoms with Crippen molar-refractivity contribution in [3.8, 4) is 0 Å². The van der Waals surface area contributed by atoms with Crippen molar-refractivity contribution in [2.75, 3.05) is 27.7 Å². The van der Waals surface area contributed by atoms with Gasteiger partial charge in [0.1, 0.15) is 0 Å². The van der Waals surface area contributed by atoms with Crippen LogP contribution in [0.4, 0.5) is 0 Å². The molecule has 3 heteroatoms. The third kappa shape index (κ3) is 3.06. The Morgan fingerprint density at radius 1 is 1.29 bits per heavy atom. The summed E-state index contributed by atoms with van der Waals surface area (Å²) in [6.45, 7) is 1.07. The standard InChI is InChI=1S/C14H20N2S/c1-15-12(9-16(2)3)8-11-10-17-14-7-5-4-6-13(11)14/h4-7,10,12,15H,8-9H2,1-3H3. The summed E-state index contributed by atoms with van der Waals surface area (Å²) in [6, 6.07) is 9.17. The molecule has 0 fully saturated rings. The van der Waals surface area contributed by atoms with E-state index >= 15 is 0 Å². The van der Waals surface area contributed by atoms with E-state index in [1.165, 1.54) is 15.6 Å². The zero-order chi connectivity index (χ0) is 12.3. The van der Waals surface area contributed by atoms with Crippen molar-refractivity contribution < 1.29 is 0 Å². The molecule has 0 aliphatic carbocycles. The molecule has 92 valence electrons. The Bertz CT molecular complexity index is 476. The molecule has 0 aliphatic heterocycles. The first kappa shape index (κ1) is 12.6. The van der Waals surface area contributed by atoms with Gasteiger partial charge in [-0.25, -0.2) is 0 Å². The van der Waals surface area contributed by atoms with Gasteiger partial charge < -0.3 is 10.2 Å². The van der Waals surface area contributed by atoms with Crippen LogP contribution in [0.5, 0.6) is 0 Å². The van der Waals surface area contributed by atoms with Crippen LogP contribution in [0.3, 0.4) is 0 Å². The quantitative estimate of drug-likeness (QED) is 0.875. The number of nitrogens with one attached hydrogen (secondary N) is 1. The van der Waals surface area contributed by atoms with Crippen molar-refractivity contribution in [3.05, 3.63) is 35.2 Å².